The molecule has 1 aromatic heterocycles. The summed E-state index contributed by atoms with van der Waals surface area (Å²) < 4.78 is 2.22. The zero-order valence-corrected chi connectivity index (χ0v) is 12.9. The molecule has 1 aromatic rings. The van der Waals surface area contributed by atoms with Crippen LogP contribution in [-0.4, -0.2) is 15.8 Å². The topological polar surface area (TPSA) is 29.9 Å². The van der Waals surface area contributed by atoms with Crippen molar-refractivity contribution in [2.24, 2.45) is 5.92 Å². The largest absolute Gasteiger partial charge is 0.308 e. The molecular weight excluding hydrogens is 246 g/mol. The van der Waals surface area contributed by atoms with Crippen LogP contribution in [0.25, 0.3) is 0 Å². The van der Waals surface area contributed by atoms with Crippen LogP contribution < -0.4 is 5.32 Å². The Labute approximate surface area is 123 Å². The molecule has 1 heterocycles. The summed E-state index contributed by atoms with van der Waals surface area (Å²) in [5.74, 6) is 0.823. The fourth-order valence-corrected chi connectivity index (χ4v) is 3.88. The zero-order valence-electron chi connectivity index (χ0n) is 12.9. The lowest BCUT2D eigenvalue weighted by atomic mass is 9.86. The van der Waals surface area contributed by atoms with E-state index in [0.29, 0.717) is 12.1 Å². The van der Waals surface area contributed by atoms with Crippen molar-refractivity contribution in [3.63, 3.8) is 0 Å². The Kier molecular flexibility index (Phi) is 4.77. The Morgan fingerprint density at radius 2 is 1.85 bits per heavy atom. The molecule has 0 bridgehead atoms. The molecule has 3 rings (SSSR count). The molecule has 0 aliphatic heterocycles. The molecule has 0 spiro atoms. The van der Waals surface area contributed by atoms with Crippen molar-refractivity contribution in [3.05, 3.63) is 18.0 Å². The predicted molar refractivity (Wildman–Crippen MR) is 82.6 cm³/mol. The van der Waals surface area contributed by atoms with Gasteiger partial charge in [0.05, 0.1) is 11.7 Å². The Morgan fingerprint density at radius 3 is 2.65 bits per heavy atom. The molecule has 2 atom stereocenters. The van der Waals surface area contributed by atoms with E-state index in [2.05, 4.69) is 29.2 Å². The van der Waals surface area contributed by atoms with Crippen molar-refractivity contribution in [2.45, 2.75) is 83.3 Å². The van der Waals surface area contributed by atoms with Crippen LogP contribution in [0.5, 0.6) is 0 Å². The van der Waals surface area contributed by atoms with Crippen molar-refractivity contribution in [1.82, 2.24) is 15.1 Å². The lowest BCUT2D eigenvalue weighted by Gasteiger charge is -2.29. The summed E-state index contributed by atoms with van der Waals surface area (Å²) >= 11 is 0. The number of rotatable bonds is 4. The van der Waals surface area contributed by atoms with Crippen LogP contribution in [0, 0.1) is 5.92 Å². The zero-order chi connectivity index (χ0) is 13.8. The molecule has 2 saturated carbocycles. The van der Waals surface area contributed by atoms with Crippen molar-refractivity contribution >= 4 is 0 Å². The van der Waals surface area contributed by atoms with Crippen LogP contribution >= 0.6 is 0 Å². The molecule has 1 N–H and O–H groups in total. The van der Waals surface area contributed by atoms with Gasteiger partial charge in [-0.05, 0) is 37.7 Å². The molecule has 2 aliphatic carbocycles. The highest BCUT2D eigenvalue weighted by Crippen LogP contribution is 2.27. The smallest absolute Gasteiger partial charge is 0.0762 e. The second-order valence-corrected chi connectivity index (χ2v) is 6.83. The second-order valence-electron chi connectivity index (χ2n) is 6.83. The van der Waals surface area contributed by atoms with E-state index in [1.54, 1.807) is 0 Å². The Morgan fingerprint density at radius 1 is 1.10 bits per heavy atom. The van der Waals surface area contributed by atoms with Gasteiger partial charge in [0.2, 0.25) is 0 Å². The first-order valence-electron chi connectivity index (χ1n) is 8.60. The van der Waals surface area contributed by atoms with Gasteiger partial charge in [-0.3, -0.25) is 4.68 Å². The number of hydrogen-bond acceptors (Lipinski definition) is 2. The minimum atomic E-state index is 0.658. The Balaban J connectivity index is 1.51. The van der Waals surface area contributed by atoms with E-state index >= 15 is 0 Å². The minimum absolute atomic E-state index is 0.658. The quantitative estimate of drug-likeness (QED) is 0.898. The Hall–Kier alpha value is -0.830. The molecule has 0 radical (unpaired) electrons. The average Bonchev–Trinajstić information content (AvgIpc) is 2.96. The van der Waals surface area contributed by atoms with Gasteiger partial charge in [-0.15, -0.1) is 0 Å². The third-order valence-corrected chi connectivity index (χ3v) is 5.27. The van der Waals surface area contributed by atoms with Crippen LogP contribution in [0.2, 0.25) is 0 Å². The van der Waals surface area contributed by atoms with Gasteiger partial charge in [0.25, 0.3) is 0 Å². The average molecular weight is 275 g/mol. The second kappa shape index (κ2) is 6.75. The fraction of sp³-hybridized carbons (Fsp3) is 0.824. The summed E-state index contributed by atoms with van der Waals surface area (Å²) in [6.07, 6.45) is 14.5. The number of nitrogens with zero attached hydrogens (tertiary/aromatic N) is 2. The lowest BCUT2D eigenvalue weighted by molar-refractivity contribution is 0.277. The van der Waals surface area contributed by atoms with Crippen LogP contribution in [0.3, 0.4) is 0 Å². The molecule has 3 heteroatoms. The van der Waals surface area contributed by atoms with Gasteiger partial charge in [-0.2, -0.15) is 5.10 Å². The molecule has 20 heavy (non-hydrogen) atoms. The Bertz CT molecular complexity index is 406. The summed E-state index contributed by atoms with van der Waals surface area (Å²) in [6.45, 7) is 3.33. The normalized spacial score (nSPS) is 28.6. The maximum absolute atomic E-state index is 4.80. The molecule has 2 unspecified atom stereocenters. The van der Waals surface area contributed by atoms with Crippen LogP contribution in [0.4, 0.5) is 0 Å². The first-order chi connectivity index (χ1) is 9.83. The van der Waals surface area contributed by atoms with E-state index in [0.717, 1.165) is 12.5 Å². The van der Waals surface area contributed by atoms with Gasteiger partial charge in [0.15, 0.2) is 0 Å². The molecular formula is C17H29N3. The van der Waals surface area contributed by atoms with Crippen molar-refractivity contribution < 1.29 is 0 Å². The van der Waals surface area contributed by atoms with Gasteiger partial charge in [0, 0.05) is 18.8 Å². The van der Waals surface area contributed by atoms with Crippen molar-refractivity contribution in [2.75, 3.05) is 0 Å². The highest BCUT2D eigenvalue weighted by atomic mass is 15.3. The summed E-state index contributed by atoms with van der Waals surface area (Å²) in [4.78, 5) is 0. The summed E-state index contributed by atoms with van der Waals surface area (Å²) in [7, 11) is 0. The van der Waals surface area contributed by atoms with E-state index in [-0.39, 0.29) is 0 Å². The number of nitrogens with one attached hydrogen (secondary N) is 1. The highest BCUT2D eigenvalue weighted by molar-refractivity contribution is 5.00. The van der Waals surface area contributed by atoms with Crippen molar-refractivity contribution in [1.29, 1.82) is 0 Å². The van der Waals surface area contributed by atoms with Crippen LogP contribution in [-0.2, 0) is 6.54 Å². The maximum atomic E-state index is 4.80. The predicted octanol–water partition coefficient (Wildman–Crippen LogP) is 4.06. The molecule has 2 aliphatic rings. The van der Waals surface area contributed by atoms with Gasteiger partial charge in [-0.1, -0.05) is 39.0 Å². The standard InChI is InChI=1S/C17H29N3/c1-14-7-5-6-10-17(14)18-13-15-11-12-20(19-15)16-8-3-2-4-9-16/h11-12,14,16-18H,2-10,13H2,1H3. The van der Waals surface area contributed by atoms with Crippen LogP contribution in [0.15, 0.2) is 12.3 Å². The molecule has 2 fully saturated rings. The van der Waals surface area contributed by atoms with Gasteiger partial charge < -0.3 is 5.32 Å². The lowest BCUT2D eigenvalue weighted by Crippen LogP contribution is -2.36. The van der Waals surface area contributed by atoms with Gasteiger partial charge in [0.1, 0.15) is 0 Å². The van der Waals surface area contributed by atoms with Crippen molar-refractivity contribution in [3.8, 4) is 0 Å². The molecule has 0 saturated heterocycles. The highest BCUT2D eigenvalue weighted by Gasteiger charge is 2.21. The number of hydrogen-bond donors (Lipinski definition) is 1. The molecule has 112 valence electrons. The minimum Gasteiger partial charge on any atom is -0.308 e. The first-order valence-corrected chi connectivity index (χ1v) is 8.60. The summed E-state index contributed by atoms with van der Waals surface area (Å²) in [6, 6.07) is 3.56. The van der Waals surface area contributed by atoms with E-state index < -0.39 is 0 Å². The molecule has 0 aromatic carbocycles. The SMILES string of the molecule is CC1CCCCC1NCc1ccn(C2CCCCC2)n1. The molecule has 3 nitrogen and oxygen atoms in total. The van der Waals surface area contributed by atoms with Crippen LogP contribution in [0.1, 0.15) is 76.4 Å². The monoisotopic (exact) mass is 275 g/mol. The van der Waals surface area contributed by atoms with Gasteiger partial charge in [-0.25, -0.2) is 0 Å². The van der Waals surface area contributed by atoms with E-state index in [4.69, 9.17) is 5.10 Å². The third kappa shape index (κ3) is 3.43. The third-order valence-electron chi connectivity index (χ3n) is 5.27. The van der Waals surface area contributed by atoms with E-state index in [1.807, 2.05) is 0 Å². The first kappa shape index (κ1) is 14.1. The maximum Gasteiger partial charge on any atom is 0.0762 e. The van der Waals surface area contributed by atoms with E-state index in [9.17, 15) is 0 Å². The molecule has 0 amide bonds. The van der Waals surface area contributed by atoms with E-state index in [1.165, 1.54) is 63.5 Å². The van der Waals surface area contributed by atoms with Gasteiger partial charge >= 0.3 is 0 Å². The number of aromatic nitrogens is 2. The summed E-state index contributed by atoms with van der Waals surface area (Å²) in [5, 5.41) is 8.53. The summed E-state index contributed by atoms with van der Waals surface area (Å²) in [5.41, 5.74) is 1.22. The fourth-order valence-electron chi connectivity index (χ4n) is 3.88.